The van der Waals surface area contributed by atoms with Crippen molar-refractivity contribution in [2.45, 2.75) is 25.3 Å². The van der Waals surface area contributed by atoms with Gasteiger partial charge in [-0.05, 0) is 6.07 Å². The quantitative estimate of drug-likeness (QED) is 0.853. The highest BCUT2D eigenvalue weighted by Gasteiger charge is 2.41. The van der Waals surface area contributed by atoms with Crippen molar-refractivity contribution in [2.75, 3.05) is 13.2 Å². The molecule has 0 saturated heterocycles. The molecule has 19 heavy (non-hydrogen) atoms. The minimum absolute atomic E-state index is 0.0663. The lowest BCUT2D eigenvalue weighted by molar-refractivity contribution is -0.127. The molecule has 0 aliphatic carbocycles. The normalized spacial score (nSPS) is 23.1. The molecule has 106 valence electrons. The molecule has 0 amide bonds. The largest absolute Gasteiger partial charge is 0.493 e. The highest BCUT2D eigenvalue weighted by molar-refractivity contribution is 5.37. The third-order valence-corrected chi connectivity index (χ3v) is 3.20. The van der Waals surface area contributed by atoms with E-state index in [4.69, 9.17) is 4.74 Å². The number of hydrogen-bond donors (Lipinski definition) is 1. The molecule has 0 saturated carbocycles. The van der Waals surface area contributed by atoms with Crippen LogP contribution in [0.1, 0.15) is 18.5 Å². The summed E-state index contributed by atoms with van der Waals surface area (Å²) < 4.78 is 55.7. The minimum atomic E-state index is -4.02. The molecule has 2 unspecified atom stereocenters. The summed E-state index contributed by atoms with van der Waals surface area (Å²) in [6.07, 6.45) is -3.66. The molecule has 0 aromatic heterocycles. The Morgan fingerprint density at radius 1 is 1.37 bits per heavy atom. The van der Waals surface area contributed by atoms with E-state index in [1.807, 2.05) is 6.92 Å². The summed E-state index contributed by atoms with van der Waals surface area (Å²) in [7, 11) is 0. The van der Waals surface area contributed by atoms with Crippen molar-refractivity contribution >= 4 is 0 Å². The van der Waals surface area contributed by atoms with Crippen molar-refractivity contribution in [2.24, 2.45) is 5.92 Å². The zero-order valence-corrected chi connectivity index (χ0v) is 10.4. The number of para-hydroxylation sites is 1. The van der Waals surface area contributed by atoms with E-state index in [1.54, 1.807) is 24.3 Å². The number of rotatable bonds is 4. The lowest BCUT2D eigenvalue weighted by atomic mass is 9.92. The second kappa shape index (κ2) is 5.36. The summed E-state index contributed by atoms with van der Waals surface area (Å²) in [5.74, 6) is -3.48. The van der Waals surface area contributed by atoms with Gasteiger partial charge in [-0.15, -0.1) is 0 Å². The standard InChI is InChI=1S/C13H15F4NO/c1-8-6-19-10-5-3-2-4-9(10)11(8)18-7-13(16,17)12(14)15/h2-5,8,11-12,18H,6-7H2,1H3. The Bertz CT molecular complexity index is 438. The molecule has 0 fully saturated rings. The number of hydrogen-bond acceptors (Lipinski definition) is 2. The average Bonchev–Trinajstić information content (AvgIpc) is 2.37. The van der Waals surface area contributed by atoms with Gasteiger partial charge in [-0.1, -0.05) is 25.1 Å². The number of alkyl halides is 4. The van der Waals surface area contributed by atoms with E-state index in [-0.39, 0.29) is 5.92 Å². The Balaban J connectivity index is 2.12. The van der Waals surface area contributed by atoms with E-state index >= 15 is 0 Å². The van der Waals surface area contributed by atoms with Gasteiger partial charge in [0, 0.05) is 17.5 Å². The maximum Gasteiger partial charge on any atom is 0.319 e. The highest BCUT2D eigenvalue weighted by atomic mass is 19.3. The van der Waals surface area contributed by atoms with Gasteiger partial charge < -0.3 is 10.1 Å². The van der Waals surface area contributed by atoms with E-state index in [2.05, 4.69) is 5.32 Å². The van der Waals surface area contributed by atoms with Crippen LogP contribution >= 0.6 is 0 Å². The Labute approximate surface area is 108 Å². The predicted octanol–water partition coefficient (Wildman–Crippen LogP) is 3.25. The van der Waals surface area contributed by atoms with E-state index in [0.717, 1.165) is 5.56 Å². The van der Waals surface area contributed by atoms with Crippen molar-refractivity contribution in [1.82, 2.24) is 5.32 Å². The third-order valence-electron chi connectivity index (χ3n) is 3.20. The summed E-state index contributed by atoms with van der Waals surface area (Å²) >= 11 is 0. The van der Waals surface area contributed by atoms with Gasteiger partial charge in [-0.2, -0.15) is 8.78 Å². The zero-order chi connectivity index (χ0) is 14.0. The first-order valence-corrected chi connectivity index (χ1v) is 6.03. The molecule has 2 rings (SSSR count). The maximum absolute atomic E-state index is 13.0. The van der Waals surface area contributed by atoms with Crippen LogP contribution in [-0.2, 0) is 0 Å². The second-order valence-corrected chi connectivity index (χ2v) is 4.75. The van der Waals surface area contributed by atoms with Gasteiger partial charge in [0.1, 0.15) is 5.75 Å². The fourth-order valence-electron chi connectivity index (χ4n) is 2.13. The van der Waals surface area contributed by atoms with E-state index in [9.17, 15) is 17.6 Å². The molecule has 0 bridgehead atoms. The summed E-state index contributed by atoms with van der Waals surface area (Å²) in [6.45, 7) is 1.15. The fourth-order valence-corrected chi connectivity index (χ4v) is 2.13. The molecule has 1 aliphatic heterocycles. The molecular weight excluding hydrogens is 262 g/mol. The van der Waals surface area contributed by atoms with Crippen molar-refractivity contribution < 1.29 is 22.3 Å². The summed E-state index contributed by atoms with van der Waals surface area (Å²) in [6, 6.07) is 6.62. The highest BCUT2D eigenvalue weighted by Crippen LogP contribution is 2.35. The Morgan fingerprint density at radius 3 is 2.74 bits per heavy atom. The molecule has 1 aromatic rings. The number of halogens is 4. The number of benzene rings is 1. The minimum Gasteiger partial charge on any atom is -0.493 e. The molecular formula is C13H15F4NO. The van der Waals surface area contributed by atoms with Gasteiger partial charge >= 0.3 is 12.3 Å². The Hall–Kier alpha value is -1.30. The van der Waals surface area contributed by atoms with Gasteiger partial charge in [-0.3, -0.25) is 0 Å². The van der Waals surface area contributed by atoms with Crippen molar-refractivity contribution in [3.8, 4) is 5.75 Å². The average molecular weight is 277 g/mol. The lowest BCUT2D eigenvalue weighted by Gasteiger charge is -2.33. The molecule has 2 nitrogen and oxygen atoms in total. The number of fused-ring (bicyclic) bond motifs is 1. The summed E-state index contributed by atoms with van der Waals surface area (Å²) in [4.78, 5) is 0. The van der Waals surface area contributed by atoms with Crippen LogP contribution in [0.5, 0.6) is 5.75 Å². The molecule has 1 heterocycles. The van der Waals surface area contributed by atoms with Crippen LogP contribution in [-0.4, -0.2) is 25.5 Å². The fraction of sp³-hybridized carbons (Fsp3) is 0.538. The Morgan fingerprint density at radius 2 is 2.05 bits per heavy atom. The molecule has 1 aromatic carbocycles. The zero-order valence-electron chi connectivity index (χ0n) is 10.4. The van der Waals surface area contributed by atoms with Gasteiger partial charge in [0.2, 0.25) is 0 Å². The van der Waals surface area contributed by atoms with E-state index < -0.39 is 24.9 Å². The molecule has 6 heteroatoms. The first kappa shape index (κ1) is 14.1. The number of ether oxygens (including phenoxy) is 1. The topological polar surface area (TPSA) is 21.3 Å². The molecule has 1 aliphatic rings. The molecule has 1 N–H and O–H groups in total. The van der Waals surface area contributed by atoms with E-state index in [0.29, 0.717) is 12.4 Å². The van der Waals surface area contributed by atoms with Crippen LogP contribution in [0.3, 0.4) is 0 Å². The van der Waals surface area contributed by atoms with Crippen LogP contribution in [0.25, 0.3) is 0 Å². The maximum atomic E-state index is 13.0. The van der Waals surface area contributed by atoms with Crippen LogP contribution in [0.2, 0.25) is 0 Å². The number of nitrogens with one attached hydrogen (secondary N) is 1. The summed E-state index contributed by atoms with van der Waals surface area (Å²) in [5.41, 5.74) is 0.728. The van der Waals surface area contributed by atoms with Crippen molar-refractivity contribution in [1.29, 1.82) is 0 Å². The SMILES string of the molecule is CC1COc2ccccc2C1NCC(F)(F)C(F)F. The first-order chi connectivity index (χ1) is 8.92. The van der Waals surface area contributed by atoms with Gasteiger partial charge in [0.15, 0.2) is 0 Å². The second-order valence-electron chi connectivity index (χ2n) is 4.75. The van der Waals surface area contributed by atoms with Crippen molar-refractivity contribution in [3.05, 3.63) is 29.8 Å². The lowest BCUT2D eigenvalue weighted by Crippen LogP contribution is -2.43. The Kier molecular flexibility index (Phi) is 3.99. The first-order valence-electron chi connectivity index (χ1n) is 6.03. The molecule has 0 spiro atoms. The van der Waals surface area contributed by atoms with Crippen LogP contribution in [0.15, 0.2) is 24.3 Å². The van der Waals surface area contributed by atoms with E-state index in [1.165, 1.54) is 0 Å². The third kappa shape index (κ3) is 3.00. The summed E-state index contributed by atoms with van der Waals surface area (Å²) in [5, 5.41) is 2.54. The van der Waals surface area contributed by atoms with Gasteiger partial charge in [0.05, 0.1) is 13.2 Å². The molecule has 2 atom stereocenters. The van der Waals surface area contributed by atoms with Gasteiger partial charge in [0.25, 0.3) is 0 Å². The van der Waals surface area contributed by atoms with Crippen LogP contribution in [0, 0.1) is 5.92 Å². The van der Waals surface area contributed by atoms with Crippen LogP contribution < -0.4 is 10.1 Å². The van der Waals surface area contributed by atoms with Crippen LogP contribution in [0.4, 0.5) is 17.6 Å². The monoisotopic (exact) mass is 277 g/mol. The smallest absolute Gasteiger partial charge is 0.319 e. The van der Waals surface area contributed by atoms with Gasteiger partial charge in [-0.25, -0.2) is 8.78 Å². The molecule has 0 radical (unpaired) electrons. The predicted molar refractivity (Wildman–Crippen MR) is 62.8 cm³/mol. The van der Waals surface area contributed by atoms with Crippen molar-refractivity contribution in [3.63, 3.8) is 0 Å².